The van der Waals surface area contributed by atoms with Gasteiger partial charge in [-0.25, -0.2) is 13.4 Å². The second-order valence-electron chi connectivity index (χ2n) is 6.50. The maximum atomic E-state index is 12.9. The Morgan fingerprint density at radius 3 is 2.58 bits per heavy atom. The quantitative estimate of drug-likeness (QED) is 0.516. The Labute approximate surface area is 180 Å². The van der Waals surface area contributed by atoms with Crippen molar-refractivity contribution in [2.75, 3.05) is 30.0 Å². The minimum absolute atomic E-state index is 0.145. The summed E-state index contributed by atoms with van der Waals surface area (Å²) in [6.07, 6.45) is 4.82. The Hall–Kier alpha value is -3.92. The number of rotatable bonds is 7. The summed E-state index contributed by atoms with van der Waals surface area (Å²) in [6.45, 7) is 0. The van der Waals surface area contributed by atoms with Gasteiger partial charge in [-0.05, 0) is 30.3 Å². The fraction of sp³-hybridized carbons (Fsp3) is 0.0952. The topological polar surface area (TPSA) is 105 Å². The number of hydrazine groups is 1. The molecule has 9 nitrogen and oxygen atoms in total. The van der Waals surface area contributed by atoms with Gasteiger partial charge >= 0.3 is 0 Å². The first kappa shape index (κ1) is 20.4. The average Bonchev–Trinajstić information content (AvgIpc) is 2.81. The summed E-state index contributed by atoms with van der Waals surface area (Å²) in [5.41, 5.74) is 5.14. The molecule has 4 rings (SSSR count). The molecule has 1 aromatic heterocycles. The molecule has 0 fully saturated rings. The number of ether oxygens (including phenoxy) is 2. The zero-order chi connectivity index (χ0) is 21.8. The van der Waals surface area contributed by atoms with Gasteiger partial charge in [0.2, 0.25) is 0 Å². The lowest BCUT2D eigenvalue weighted by atomic mass is 10.2. The first-order valence-electron chi connectivity index (χ1n) is 9.29. The average molecular weight is 439 g/mol. The van der Waals surface area contributed by atoms with Gasteiger partial charge in [0.05, 0.1) is 31.0 Å². The van der Waals surface area contributed by atoms with Gasteiger partial charge in [0.15, 0.2) is 5.82 Å². The van der Waals surface area contributed by atoms with Crippen molar-refractivity contribution < 1.29 is 17.9 Å². The molecule has 1 aliphatic heterocycles. The molecule has 0 spiro atoms. The van der Waals surface area contributed by atoms with Crippen LogP contribution in [-0.4, -0.2) is 27.6 Å². The van der Waals surface area contributed by atoms with Gasteiger partial charge in [0.1, 0.15) is 22.9 Å². The number of hydrogen-bond donors (Lipinski definition) is 3. The van der Waals surface area contributed by atoms with Crippen molar-refractivity contribution in [1.29, 1.82) is 0 Å². The van der Waals surface area contributed by atoms with Crippen LogP contribution in [0, 0.1) is 0 Å². The molecule has 0 aliphatic carbocycles. The number of methoxy groups -OCH3 is 2. The van der Waals surface area contributed by atoms with Crippen molar-refractivity contribution in [3.63, 3.8) is 0 Å². The minimum Gasteiger partial charge on any atom is -0.497 e. The van der Waals surface area contributed by atoms with Crippen LogP contribution in [0.4, 0.5) is 17.1 Å². The molecular formula is C21H21N5O4S. The predicted molar refractivity (Wildman–Crippen MR) is 118 cm³/mol. The van der Waals surface area contributed by atoms with Crippen molar-refractivity contribution in [2.24, 2.45) is 0 Å². The summed E-state index contributed by atoms with van der Waals surface area (Å²) in [5, 5.41) is 4.67. The molecule has 2 aromatic carbocycles. The largest absolute Gasteiger partial charge is 0.497 e. The number of hydrogen-bond acceptors (Lipinski definition) is 8. The number of sulfonamides is 1. The Morgan fingerprint density at radius 2 is 1.84 bits per heavy atom. The molecule has 3 aromatic rings. The van der Waals surface area contributed by atoms with Crippen molar-refractivity contribution in [1.82, 2.24) is 9.71 Å². The van der Waals surface area contributed by atoms with E-state index < -0.39 is 10.0 Å². The van der Waals surface area contributed by atoms with Crippen molar-refractivity contribution in [2.45, 2.75) is 4.90 Å². The van der Waals surface area contributed by atoms with E-state index in [1.165, 1.54) is 12.1 Å². The molecule has 2 heterocycles. The normalized spacial score (nSPS) is 12.8. The lowest BCUT2D eigenvalue weighted by molar-refractivity contribution is 0.404. The highest BCUT2D eigenvalue weighted by molar-refractivity contribution is 7.89. The number of pyridine rings is 1. The van der Waals surface area contributed by atoms with Crippen LogP contribution in [0.2, 0.25) is 0 Å². The van der Waals surface area contributed by atoms with Crippen molar-refractivity contribution in [3.8, 4) is 11.5 Å². The zero-order valence-electron chi connectivity index (χ0n) is 16.9. The summed E-state index contributed by atoms with van der Waals surface area (Å²) in [7, 11) is -0.717. The van der Waals surface area contributed by atoms with Crippen molar-refractivity contribution >= 4 is 27.1 Å². The molecular weight excluding hydrogens is 418 g/mol. The van der Waals surface area contributed by atoms with Gasteiger partial charge in [0, 0.05) is 18.5 Å². The standard InChI is InChI=1S/C21H21N5O4S/c1-29-15-8-9-20(30-2)18(12-15)24-26-19-13-22-11-10-17(19)23-14-21(26)25-31(27,28)16-6-4-3-5-7-16/h3-14,23-25H,1-2H3. The molecule has 0 radical (unpaired) electrons. The van der Waals surface area contributed by atoms with Crippen LogP contribution in [0.15, 0.2) is 83.9 Å². The molecule has 0 saturated carbocycles. The Balaban J connectivity index is 1.73. The zero-order valence-corrected chi connectivity index (χ0v) is 17.7. The highest BCUT2D eigenvalue weighted by Gasteiger charge is 2.26. The van der Waals surface area contributed by atoms with Crippen molar-refractivity contribution in [3.05, 3.63) is 79.0 Å². The second-order valence-corrected chi connectivity index (χ2v) is 8.18. The van der Waals surface area contributed by atoms with E-state index in [-0.39, 0.29) is 10.7 Å². The van der Waals surface area contributed by atoms with E-state index in [4.69, 9.17) is 9.47 Å². The number of anilines is 3. The van der Waals surface area contributed by atoms with Gasteiger partial charge in [0.25, 0.3) is 10.0 Å². The smallest absolute Gasteiger partial charge is 0.263 e. The van der Waals surface area contributed by atoms with Crippen LogP contribution < -0.4 is 29.9 Å². The van der Waals surface area contributed by atoms with E-state index in [0.29, 0.717) is 22.9 Å². The van der Waals surface area contributed by atoms with Gasteiger partial charge < -0.3 is 14.8 Å². The summed E-state index contributed by atoms with van der Waals surface area (Å²) < 4.78 is 39.3. The maximum Gasteiger partial charge on any atom is 0.263 e. The van der Waals surface area contributed by atoms with Gasteiger partial charge in [-0.1, -0.05) is 18.2 Å². The maximum absolute atomic E-state index is 12.9. The molecule has 10 heteroatoms. The SMILES string of the molecule is COc1ccc(OC)c(NN2C(NS(=O)(=O)c3ccccc3)=CNc3ccncc32)c1. The van der Waals surface area contributed by atoms with Crippen LogP contribution >= 0.6 is 0 Å². The molecule has 0 bridgehead atoms. The number of benzene rings is 2. The first-order chi connectivity index (χ1) is 15.0. The second kappa shape index (κ2) is 8.44. The van der Waals surface area contributed by atoms with Gasteiger partial charge in [-0.2, -0.15) is 0 Å². The lowest BCUT2D eigenvalue weighted by Crippen LogP contribution is -2.41. The first-order valence-corrected chi connectivity index (χ1v) is 10.8. The summed E-state index contributed by atoms with van der Waals surface area (Å²) in [5.74, 6) is 1.41. The van der Waals surface area contributed by atoms with Crippen LogP contribution in [-0.2, 0) is 10.0 Å². The predicted octanol–water partition coefficient (Wildman–Crippen LogP) is 3.14. The molecule has 0 atom stereocenters. The van der Waals surface area contributed by atoms with E-state index in [1.807, 2.05) is 0 Å². The monoisotopic (exact) mass is 439 g/mol. The molecule has 0 saturated heterocycles. The summed E-state index contributed by atoms with van der Waals surface area (Å²) in [4.78, 5) is 4.32. The Bertz CT molecular complexity index is 1220. The molecule has 31 heavy (non-hydrogen) atoms. The third-order valence-electron chi connectivity index (χ3n) is 4.58. The van der Waals surface area contributed by atoms with Crippen LogP contribution in [0.3, 0.4) is 0 Å². The fourth-order valence-corrected chi connectivity index (χ4v) is 4.10. The van der Waals surface area contributed by atoms with E-state index in [1.54, 1.807) is 80.3 Å². The highest BCUT2D eigenvalue weighted by atomic mass is 32.2. The summed E-state index contributed by atoms with van der Waals surface area (Å²) >= 11 is 0. The molecule has 1 aliphatic rings. The summed E-state index contributed by atoms with van der Waals surface area (Å²) in [6, 6.07) is 15.2. The molecule has 160 valence electrons. The van der Waals surface area contributed by atoms with Crippen LogP contribution in [0.5, 0.6) is 11.5 Å². The Kier molecular flexibility index (Phi) is 5.54. The molecule has 3 N–H and O–H groups in total. The molecule has 0 unspecified atom stereocenters. The van der Waals surface area contributed by atoms with Crippen LogP contribution in [0.25, 0.3) is 0 Å². The number of nitrogens with zero attached hydrogens (tertiary/aromatic N) is 2. The van der Waals surface area contributed by atoms with Crippen LogP contribution in [0.1, 0.15) is 0 Å². The van der Waals surface area contributed by atoms with Gasteiger partial charge in [-0.3, -0.25) is 15.1 Å². The third kappa shape index (κ3) is 4.19. The van der Waals surface area contributed by atoms with E-state index in [2.05, 4.69) is 20.4 Å². The number of fused-ring (bicyclic) bond motifs is 1. The molecule has 0 amide bonds. The van der Waals surface area contributed by atoms with Gasteiger partial charge in [-0.15, -0.1) is 0 Å². The third-order valence-corrected chi connectivity index (χ3v) is 5.95. The van der Waals surface area contributed by atoms with E-state index in [0.717, 1.165) is 5.69 Å². The highest BCUT2D eigenvalue weighted by Crippen LogP contribution is 2.35. The number of aromatic nitrogens is 1. The minimum atomic E-state index is -3.83. The lowest BCUT2D eigenvalue weighted by Gasteiger charge is -2.33. The Morgan fingerprint density at radius 1 is 1.03 bits per heavy atom. The van der Waals surface area contributed by atoms with E-state index in [9.17, 15) is 8.42 Å². The fourth-order valence-electron chi connectivity index (χ4n) is 3.04. The number of nitrogens with one attached hydrogen (secondary N) is 3. The van der Waals surface area contributed by atoms with E-state index >= 15 is 0 Å².